The number of carbonyl (C=O) groups is 8. The first-order chi connectivity index (χ1) is 56.0. The van der Waals surface area contributed by atoms with Crippen LogP contribution in [0.15, 0.2) is 83.8 Å². The van der Waals surface area contributed by atoms with E-state index < -0.39 is 57.1 Å². The third kappa shape index (κ3) is 28.4. The number of ether oxygens (including phenoxy) is 11. The Morgan fingerprint density at radius 2 is 0.863 bits per heavy atom. The van der Waals surface area contributed by atoms with E-state index in [0.29, 0.717) is 168 Å². The number of halogens is 9. The quantitative estimate of drug-likeness (QED) is 0.0215. The van der Waals surface area contributed by atoms with Gasteiger partial charge in [-0.15, -0.1) is 0 Å². The maximum absolute atomic E-state index is 14.0. The minimum atomic E-state index is -5.82. The van der Waals surface area contributed by atoms with Crippen LogP contribution in [0.1, 0.15) is 165 Å². The summed E-state index contributed by atoms with van der Waals surface area (Å²) < 4.78 is 150. The summed E-state index contributed by atoms with van der Waals surface area (Å²) in [6.07, 6.45) is 13.0. The molecule has 0 N–H and O–H groups in total. The zero-order valence-electron chi connectivity index (χ0n) is 66.0. The summed E-state index contributed by atoms with van der Waals surface area (Å²) in [6, 6.07) is 7.54. The van der Waals surface area contributed by atoms with E-state index in [1.54, 1.807) is 45.3 Å². The standard InChI is InChI=1S/C14H17BrFNO3.C14H15BrFNO3.2C14H17BrN2O2.C10H13F3O6S.C8H12O4.C5H8O2/c2*1-2-20-14(18)11-4-6-19-5-3-10(11)12-7-9(15)8-17-13(12)16;2*1-2-17-13-12(7-9(15)8-16-13)10-3-5-19-6-4-11(10)14(17)18;1-2-18-9(14)7-3-5-17-6-4-8(7)19-20(15,16)10(11,12)13;1-2-12-8(10)6-5-11-4-3-7(6)9;6-5-1-3-7-4-2-5/h7-8,10-11H,2-6H2,1H3;7-8H,2-6H2,1H3;2*7-8,10-11H,2-6H2,1H3;2-6H2,1H3;6H,2-5H2,1H3;1-4H2/t;;10-,11+;10-,11-;;;/m..10.../s1. The van der Waals surface area contributed by atoms with Crippen LogP contribution in [0.3, 0.4) is 0 Å². The Morgan fingerprint density at radius 1 is 0.462 bits per heavy atom. The van der Waals surface area contributed by atoms with Crippen molar-refractivity contribution >= 4 is 138 Å². The molecule has 7 atom stereocenters. The van der Waals surface area contributed by atoms with Crippen LogP contribution < -0.4 is 9.80 Å². The van der Waals surface area contributed by atoms with E-state index in [9.17, 15) is 68.7 Å². The second-order valence-corrected chi connectivity index (χ2v) is 32.2. The second-order valence-electron chi connectivity index (χ2n) is 27.0. The van der Waals surface area contributed by atoms with Gasteiger partial charge in [-0.05, 0) is 180 Å². The number of aromatic nitrogens is 4. The van der Waals surface area contributed by atoms with Crippen LogP contribution in [0.25, 0.3) is 5.57 Å². The van der Waals surface area contributed by atoms with Gasteiger partial charge in [0.05, 0.1) is 90.8 Å². The van der Waals surface area contributed by atoms with Crippen molar-refractivity contribution in [1.29, 1.82) is 0 Å². The monoisotopic (exact) mass is 1930 g/mol. The number of fused-ring (bicyclic) bond motifs is 6. The van der Waals surface area contributed by atoms with Crippen molar-refractivity contribution in [3.8, 4) is 0 Å². The Kier molecular flexibility index (Phi) is 41.0. The number of anilines is 2. The van der Waals surface area contributed by atoms with E-state index in [-0.39, 0.29) is 111 Å². The predicted octanol–water partition coefficient (Wildman–Crippen LogP) is 13.6. The molecule has 13 rings (SSSR count). The number of pyridine rings is 4. The number of esters is 4. The molecule has 0 bridgehead atoms. The van der Waals surface area contributed by atoms with Crippen LogP contribution in [0.4, 0.5) is 33.6 Å². The van der Waals surface area contributed by atoms with Gasteiger partial charge < -0.3 is 56.3 Å². The van der Waals surface area contributed by atoms with Gasteiger partial charge in [0.2, 0.25) is 23.7 Å². The summed E-state index contributed by atoms with van der Waals surface area (Å²) in [5.74, 6) is -2.16. The summed E-state index contributed by atoms with van der Waals surface area (Å²) in [7, 11) is -5.82. The molecule has 0 saturated carbocycles. The highest BCUT2D eigenvalue weighted by Gasteiger charge is 2.50. The first-order valence-corrected chi connectivity index (χ1v) is 43.4. The van der Waals surface area contributed by atoms with Gasteiger partial charge in [-0.25, -0.2) is 29.5 Å². The molecule has 13 heterocycles. The van der Waals surface area contributed by atoms with Crippen molar-refractivity contribution < 1.29 is 125 Å². The molecule has 0 spiro atoms. The number of hydrogen-bond donors (Lipinski definition) is 0. The molecule has 4 aromatic rings. The Balaban J connectivity index is 0.000000192. The molecular weight excluding hydrogens is 1830 g/mol. The minimum absolute atomic E-state index is 0.00247. The second kappa shape index (κ2) is 49.3. The molecule has 0 radical (unpaired) electrons. The highest BCUT2D eigenvalue weighted by Crippen LogP contribution is 2.46. The fraction of sp³-hybridized carbons (Fsp3) is 0.595. The van der Waals surface area contributed by atoms with E-state index >= 15 is 0 Å². The van der Waals surface area contributed by atoms with Crippen LogP contribution in [0, 0.1) is 35.6 Å². The molecule has 5 fully saturated rings. The van der Waals surface area contributed by atoms with E-state index in [4.69, 9.17) is 47.4 Å². The number of hydrogen-bond acceptors (Lipinski definition) is 26. The van der Waals surface area contributed by atoms with Gasteiger partial charge in [0.25, 0.3) is 0 Å². The Hall–Kier alpha value is -6.72. The maximum Gasteiger partial charge on any atom is 0.534 e. The molecule has 9 aliphatic heterocycles. The number of alkyl halides is 3. The first kappa shape index (κ1) is 97.4. The van der Waals surface area contributed by atoms with Crippen molar-refractivity contribution in [3.05, 3.63) is 118 Å². The van der Waals surface area contributed by atoms with Gasteiger partial charge >= 0.3 is 39.5 Å². The number of nitrogens with zero attached hydrogens (tertiary/aromatic N) is 6. The maximum atomic E-state index is 14.0. The average molecular weight is 1930 g/mol. The highest BCUT2D eigenvalue weighted by atomic mass is 79.9. The van der Waals surface area contributed by atoms with Gasteiger partial charge in [-0.2, -0.15) is 30.4 Å². The lowest BCUT2D eigenvalue weighted by Gasteiger charge is -2.37. The largest absolute Gasteiger partial charge is 0.534 e. The molecule has 2 amide bonds. The van der Waals surface area contributed by atoms with E-state index in [1.165, 1.54) is 30.4 Å². The molecule has 646 valence electrons. The fourth-order valence-electron chi connectivity index (χ4n) is 14.1. The smallest absolute Gasteiger partial charge is 0.466 e. The highest BCUT2D eigenvalue weighted by molar-refractivity contribution is 9.11. The SMILES string of the molecule is CCN1C(=O)[C@H]2CCOCC[C@@H]2c2cc(Br)cnc21.CCN1C(=O)[C@H]2CCOCC[C@H]2c2cc(Br)cnc21.CCOC(=O)C1=C(OS(=O)(=O)C(F)(F)F)CCOCC1.CCOC(=O)C1=C(c2cc(Br)cnc2F)CCOCC1.CCOC(=O)C1CCOCCC1c1cc(Br)cnc1F.CCOC(=O)C1COCCC1=O.O=C1CCOCC1. The molecule has 0 aliphatic carbocycles. The predicted molar refractivity (Wildman–Crippen MR) is 428 cm³/mol. The molecule has 4 aromatic heterocycles. The van der Waals surface area contributed by atoms with Gasteiger partial charge in [0, 0.05) is 191 Å². The topological polar surface area (TPSA) is 340 Å². The van der Waals surface area contributed by atoms with Crippen LogP contribution in [-0.4, -0.2) is 213 Å². The molecule has 0 aromatic carbocycles. The van der Waals surface area contributed by atoms with Gasteiger partial charge in [-0.1, -0.05) is 0 Å². The normalized spacial score (nSPS) is 22.1. The van der Waals surface area contributed by atoms with Gasteiger partial charge in [0.1, 0.15) is 29.1 Å². The Morgan fingerprint density at radius 3 is 1.34 bits per heavy atom. The molecular formula is C79H99Br4F5N6O22S. The average Bonchev–Trinajstić information content (AvgIpc) is 1.59. The van der Waals surface area contributed by atoms with Crippen molar-refractivity contribution in [2.24, 2.45) is 23.7 Å². The summed E-state index contributed by atoms with van der Waals surface area (Å²) in [6.45, 7) is 19.6. The zero-order valence-corrected chi connectivity index (χ0v) is 73.1. The molecule has 3 unspecified atom stereocenters. The molecule has 117 heavy (non-hydrogen) atoms. The molecule has 9 aliphatic rings. The van der Waals surface area contributed by atoms with Crippen LogP contribution in [-0.2, 0) is 105 Å². The van der Waals surface area contributed by atoms with E-state index in [1.807, 2.05) is 23.6 Å². The van der Waals surface area contributed by atoms with Gasteiger partial charge in [-0.3, -0.25) is 38.6 Å². The Labute approximate surface area is 710 Å². The van der Waals surface area contributed by atoms with Gasteiger partial charge in [0.15, 0.2) is 5.78 Å². The van der Waals surface area contributed by atoms with E-state index in [0.717, 1.165) is 59.5 Å². The number of rotatable bonds is 14. The molecule has 38 heteroatoms. The fourth-order valence-corrected chi connectivity index (χ4v) is 16.0. The first-order valence-electron chi connectivity index (χ1n) is 38.8. The number of amides is 2. The van der Waals surface area contributed by atoms with Crippen molar-refractivity contribution in [2.45, 2.75) is 148 Å². The molecule has 5 saturated heterocycles. The van der Waals surface area contributed by atoms with Crippen molar-refractivity contribution in [3.63, 3.8) is 0 Å². The van der Waals surface area contributed by atoms with Crippen molar-refractivity contribution in [2.75, 3.05) is 142 Å². The number of carbonyl (C=O) groups excluding carboxylic acids is 8. The zero-order chi connectivity index (χ0) is 85.4. The van der Waals surface area contributed by atoms with Crippen LogP contribution in [0.2, 0.25) is 0 Å². The third-order valence-electron chi connectivity index (χ3n) is 19.7. The lowest BCUT2D eigenvalue weighted by Crippen LogP contribution is -2.44. The Bertz CT molecular complexity index is 4130. The molecule has 28 nitrogen and oxygen atoms in total. The number of ketones is 2. The lowest BCUT2D eigenvalue weighted by molar-refractivity contribution is -0.157. The summed E-state index contributed by atoms with van der Waals surface area (Å²) in [5, 5.41) is 0. The summed E-state index contributed by atoms with van der Waals surface area (Å²) in [5.41, 5.74) is -1.58. The van der Waals surface area contributed by atoms with Crippen LogP contribution in [0.5, 0.6) is 0 Å². The lowest BCUT2D eigenvalue weighted by atomic mass is 9.79. The van der Waals surface area contributed by atoms with E-state index in [2.05, 4.69) is 105 Å². The van der Waals surface area contributed by atoms with Crippen molar-refractivity contribution in [1.82, 2.24) is 19.9 Å². The third-order valence-corrected chi connectivity index (χ3v) is 22.4. The van der Waals surface area contributed by atoms with Crippen LogP contribution >= 0.6 is 63.7 Å². The minimum Gasteiger partial charge on any atom is -0.466 e. The summed E-state index contributed by atoms with van der Waals surface area (Å²) >= 11 is 13.5. The summed E-state index contributed by atoms with van der Waals surface area (Å²) in [4.78, 5) is 114. The number of Topliss-reactive ketones (excluding diaryl/α,β-unsaturated/α-hetero) is 2.